The van der Waals surface area contributed by atoms with Crippen LogP contribution in [0.1, 0.15) is 39.5 Å². The molecule has 0 fully saturated rings. The van der Waals surface area contributed by atoms with Crippen LogP contribution < -0.4 is 26.8 Å². The summed E-state index contributed by atoms with van der Waals surface area (Å²) in [5, 5.41) is 4.99. The maximum Gasteiger partial charge on any atom is 0.243 e. The molecule has 0 bridgehead atoms. The molecule has 0 spiro atoms. The molecule has 0 aliphatic heterocycles. The molecule has 0 aromatic carbocycles. The highest BCUT2D eigenvalue weighted by Gasteiger charge is 2.28. The second-order valence-corrected chi connectivity index (χ2v) is 7.35. The predicted octanol–water partition coefficient (Wildman–Crippen LogP) is -1.21. The Morgan fingerprint density at radius 3 is 2.07 bits per heavy atom. The van der Waals surface area contributed by atoms with E-state index in [1.807, 2.05) is 13.8 Å². The van der Waals surface area contributed by atoms with E-state index in [0.29, 0.717) is 12.7 Å². The third-order valence-corrected chi connectivity index (χ3v) is 4.15. The molecule has 10 nitrogen and oxygen atoms in total. The van der Waals surface area contributed by atoms with Gasteiger partial charge in [-0.25, -0.2) is 4.72 Å². The minimum atomic E-state index is -1.11. The first-order valence-corrected chi connectivity index (χ1v) is 10.2. The van der Waals surface area contributed by atoms with Crippen molar-refractivity contribution in [3.8, 4) is 0 Å². The van der Waals surface area contributed by atoms with Gasteiger partial charge < -0.3 is 26.9 Å². The molecule has 0 radical (unpaired) electrons. The monoisotopic (exact) mass is 421 g/mol. The lowest BCUT2D eigenvalue weighted by Gasteiger charge is -2.23. The van der Waals surface area contributed by atoms with Gasteiger partial charge in [-0.3, -0.25) is 19.2 Å². The Balaban J connectivity index is 5.17. The first-order valence-electron chi connectivity index (χ1n) is 8.29. The molecule has 154 valence electrons. The molecule has 3 atom stereocenters. The predicted molar refractivity (Wildman–Crippen MR) is 105 cm³/mol. The van der Waals surface area contributed by atoms with Gasteiger partial charge in [0, 0.05) is 6.42 Å². The molecule has 0 heterocycles. The van der Waals surface area contributed by atoms with Crippen molar-refractivity contribution in [1.29, 1.82) is 0 Å². The third kappa shape index (κ3) is 11.5. The quantitative estimate of drug-likeness (QED) is 0.0883. The Morgan fingerprint density at radius 2 is 1.63 bits per heavy atom. The van der Waals surface area contributed by atoms with E-state index in [-0.39, 0.29) is 25.2 Å². The summed E-state index contributed by atoms with van der Waals surface area (Å²) >= 11 is 3.86. The van der Waals surface area contributed by atoms with Crippen LogP contribution >= 0.6 is 22.6 Å². The van der Waals surface area contributed by atoms with Gasteiger partial charge in [-0.2, -0.15) is 0 Å². The van der Waals surface area contributed by atoms with E-state index >= 15 is 0 Å². The summed E-state index contributed by atoms with van der Waals surface area (Å²) in [6, 6.07) is -2.86. The Bertz CT molecular complexity index is 547. The van der Waals surface area contributed by atoms with Crippen molar-refractivity contribution in [2.24, 2.45) is 17.4 Å². The summed E-state index contributed by atoms with van der Waals surface area (Å²) in [4.78, 5) is 58.1. The van der Waals surface area contributed by atoms with Gasteiger partial charge in [0.15, 0.2) is 0 Å². The summed E-state index contributed by atoms with van der Waals surface area (Å²) < 4.78 is 2.59. The average molecular weight is 422 g/mol. The van der Waals surface area contributed by atoms with E-state index in [1.54, 1.807) is 0 Å². The molecule has 0 rings (SSSR count). The van der Waals surface area contributed by atoms with Crippen LogP contribution in [0.25, 0.3) is 0 Å². The molecule has 27 heavy (non-hydrogen) atoms. The van der Waals surface area contributed by atoms with Gasteiger partial charge in [0.05, 0.1) is 12.5 Å². The molecule has 0 saturated heterocycles. The summed E-state index contributed by atoms with van der Waals surface area (Å²) in [5.74, 6) is -2.50. The zero-order chi connectivity index (χ0) is 21.0. The average Bonchev–Trinajstić information content (AvgIpc) is 2.56. The molecule has 0 saturated carbocycles. The van der Waals surface area contributed by atoms with E-state index in [2.05, 4.69) is 27.0 Å². The number of carbonyl (C=O) groups excluding carboxylic acids is 5. The number of primary amides is 2. The van der Waals surface area contributed by atoms with Crippen molar-refractivity contribution >= 4 is 52.6 Å². The topological polar surface area (TPSA) is 173 Å². The fourth-order valence-corrected chi connectivity index (χ4v) is 2.92. The van der Waals surface area contributed by atoms with E-state index < -0.39 is 41.8 Å². The van der Waals surface area contributed by atoms with Crippen molar-refractivity contribution in [1.82, 2.24) is 15.4 Å². The van der Waals surface area contributed by atoms with Crippen molar-refractivity contribution < 1.29 is 24.0 Å². The highest BCUT2D eigenvalue weighted by molar-refractivity contribution is 8.67. The number of rotatable bonds is 14. The molecule has 0 aliphatic rings. The number of amides is 4. The van der Waals surface area contributed by atoms with Gasteiger partial charge >= 0.3 is 0 Å². The van der Waals surface area contributed by atoms with Crippen LogP contribution in [-0.4, -0.2) is 48.0 Å². The number of hydrogen-bond acceptors (Lipinski definition) is 8. The largest absolute Gasteiger partial charge is 0.370 e. The Morgan fingerprint density at radius 1 is 1.04 bits per heavy atom. The molecular weight excluding hydrogens is 394 g/mol. The van der Waals surface area contributed by atoms with Crippen molar-refractivity contribution in [3.63, 3.8) is 0 Å². The number of carbonyl (C=O) groups is 5. The first-order chi connectivity index (χ1) is 12.6. The highest BCUT2D eigenvalue weighted by Crippen LogP contribution is 2.07. The van der Waals surface area contributed by atoms with E-state index in [1.165, 1.54) is 0 Å². The van der Waals surface area contributed by atoms with Crippen LogP contribution in [0.15, 0.2) is 0 Å². The first kappa shape index (κ1) is 25.2. The normalized spacial score (nSPS) is 14.1. The Kier molecular flexibility index (Phi) is 12.5. The highest BCUT2D eigenvalue weighted by atomic mass is 33.1. The smallest absolute Gasteiger partial charge is 0.243 e. The fraction of sp³-hybridized carbons (Fsp3) is 0.667. The molecule has 7 N–H and O–H groups in total. The molecular formula is C15H27N5O5S2. The third-order valence-electron chi connectivity index (χ3n) is 3.45. The Hall–Kier alpha value is -1.79. The van der Waals surface area contributed by atoms with Crippen molar-refractivity contribution in [2.45, 2.75) is 57.7 Å². The number of nitrogens with one attached hydrogen (secondary N) is 3. The van der Waals surface area contributed by atoms with E-state index in [4.69, 9.17) is 11.5 Å². The minimum absolute atomic E-state index is 0.0581. The van der Waals surface area contributed by atoms with Crippen LogP contribution in [-0.2, 0) is 24.0 Å². The lowest BCUT2D eigenvalue weighted by molar-refractivity contribution is -0.132. The van der Waals surface area contributed by atoms with Crippen LogP contribution in [0.4, 0.5) is 0 Å². The summed E-state index contributed by atoms with van der Waals surface area (Å²) in [6.07, 6.45) is 0.516. The second kappa shape index (κ2) is 13.4. The number of hydrogen-bond donors (Lipinski definition) is 6. The maximum absolute atomic E-state index is 12.5. The van der Waals surface area contributed by atoms with Gasteiger partial charge in [-0.1, -0.05) is 25.5 Å². The molecule has 0 aliphatic carbocycles. The van der Waals surface area contributed by atoms with Crippen LogP contribution in [0.3, 0.4) is 0 Å². The standard InChI is InChI=1S/C15H27N5O5S2/c1-8(2)5-9(7-21)18-14(24)10(3-4-12(16)22)19-15(25)11(20-27-26)6-13(17)23/h7-11,20,26H,3-6H2,1-2H3,(H2,16,22)(H2,17,23)(H,18,24)(H,19,25)/t9?,10-,11-/m0/s1. The molecule has 0 aromatic rings. The maximum atomic E-state index is 12.5. The van der Waals surface area contributed by atoms with Gasteiger partial charge in [0.25, 0.3) is 0 Å². The van der Waals surface area contributed by atoms with E-state index in [9.17, 15) is 24.0 Å². The van der Waals surface area contributed by atoms with Gasteiger partial charge in [-0.05, 0) is 29.7 Å². The molecule has 12 heteroatoms. The van der Waals surface area contributed by atoms with Gasteiger partial charge in [0.2, 0.25) is 23.6 Å². The van der Waals surface area contributed by atoms with Crippen LogP contribution in [0.5, 0.6) is 0 Å². The van der Waals surface area contributed by atoms with Crippen molar-refractivity contribution in [3.05, 3.63) is 0 Å². The lowest BCUT2D eigenvalue weighted by atomic mass is 10.0. The number of nitrogens with two attached hydrogens (primary N) is 2. The second-order valence-electron chi connectivity index (χ2n) is 6.38. The van der Waals surface area contributed by atoms with Gasteiger partial charge in [0.1, 0.15) is 18.4 Å². The fourth-order valence-electron chi connectivity index (χ4n) is 2.22. The lowest BCUT2D eigenvalue weighted by Crippen LogP contribution is -2.54. The SMILES string of the molecule is CC(C)CC(C=O)NC(=O)[C@H](CCC(N)=O)NC(=O)[C@H](CC(N)=O)NSS. The minimum Gasteiger partial charge on any atom is -0.370 e. The van der Waals surface area contributed by atoms with Gasteiger partial charge in [-0.15, -0.1) is 0 Å². The van der Waals surface area contributed by atoms with E-state index in [0.717, 1.165) is 11.0 Å². The summed E-state index contributed by atoms with van der Waals surface area (Å²) in [6.45, 7) is 3.79. The van der Waals surface area contributed by atoms with Crippen LogP contribution in [0.2, 0.25) is 0 Å². The zero-order valence-electron chi connectivity index (χ0n) is 15.3. The zero-order valence-corrected chi connectivity index (χ0v) is 17.0. The molecule has 0 aromatic heterocycles. The summed E-state index contributed by atoms with van der Waals surface area (Å²) in [5.41, 5.74) is 10.2. The number of thiol groups is 1. The number of aldehydes is 1. The van der Waals surface area contributed by atoms with Crippen LogP contribution in [0, 0.1) is 5.92 Å². The summed E-state index contributed by atoms with van der Waals surface area (Å²) in [7, 11) is 0.810. The Labute approximate surface area is 167 Å². The molecule has 1 unspecified atom stereocenters. The van der Waals surface area contributed by atoms with Crippen molar-refractivity contribution in [2.75, 3.05) is 0 Å². The molecule has 4 amide bonds.